The van der Waals surface area contributed by atoms with E-state index in [1.54, 1.807) is 21.3 Å². The Morgan fingerprint density at radius 3 is 1.90 bits per heavy atom. The number of benzene rings is 1. The molecule has 0 amide bonds. The second kappa shape index (κ2) is 8.10. The molecule has 0 unspecified atom stereocenters. The number of nitrogens with one attached hydrogen (secondary N) is 1. The summed E-state index contributed by atoms with van der Waals surface area (Å²) >= 11 is 0. The third kappa shape index (κ3) is 4.51. The van der Waals surface area contributed by atoms with Crippen molar-refractivity contribution in [2.45, 2.75) is 38.8 Å². The highest BCUT2D eigenvalue weighted by molar-refractivity contribution is 5.53. The van der Waals surface area contributed by atoms with Crippen molar-refractivity contribution in [3.05, 3.63) is 17.7 Å². The van der Waals surface area contributed by atoms with E-state index in [1.807, 2.05) is 26.0 Å². The molecule has 0 spiro atoms. The van der Waals surface area contributed by atoms with Crippen molar-refractivity contribution in [3.63, 3.8) is 0 Å². The first-order chi connectivity index (χ1) is 10.0. The normalized spacial score (nSPS) is 11.3. The van der Waals surface area contributed by atoms with E-state index in [4.69, 9.17) is 14.2 Å². The summed E-state index contributed by atoms with van der Waals surface area (Å²) in [7, 11) is 4.78. The first-order valence-corrected chi connectivity index (χ1v) is 7.25. The molecular formula is C16H27NO4. The zero-order valence-corrected chi connectivity index (χ0v) is 13.7. The predicted octanol–water partition coefficient (Wildman–Crippen LogP) is 2.35. The lowest BCUT2D eigenvalue weighted by Crippen LogP contribution is -2.39. The van der Waals surface area contributed by atoms with Gasteiger partial charge in [0.15, 0.2) is 11.5 Å². The van der Waals surface area contributed by atoms with Crippen LogP contribution in [0.15, 0.2) is 12.1 Å². The molecule has 1 rings (SSSR count). The van der Waals surface area contributed by atoms with Crippen LogP contribution in [0.4, 0.5) is 0 Å². The van der Waals surface area contributed by atoms with Crippen LogP contribution in [0.3, 0.4) is 0 Å². The van der Waals surface area contributed by atoms with E-state index >= 15 is 0 Å². The van der Waals surface area contributed by atoms with Crippen LogP contribution in [0.25, 0.3) is 0 Å². The second-order valence-corrected chi connectivity index (χ2v) is 5.07. The van der Waals surface area contributed by atoms with Gasteiger partial charge in [0.05, 0.1) is 26.9 Å². The third-order valence-corrected chi connectivity index (χ3v) is 3.82. The Balaban J connectivity index is 2.80. The van der Waals surface area contributed by atoms with Gasteiger partial charge in [-0.25, -0.2) is 0 Å². The summed E-state index contributed by atoms with van der Waals surface area (Å²) < 4.78 is 15.9. The minimum absolute atomic E-state index is 0.552. The fourth-order valence-corrected chi connectivity index (χ4v) is 2.18. The van der Waals surface area contributed by atoms with Crippen molar-refractivity contribution in [1.29, 1.82) is 0 Å². The number of hydrogen-bond acceptors (Lipinski definition) is 5. The lowest BCUT2D eigenvalue weighted by Gasteiger charge is -2.25. The number of rotatable bonds is 9. The molecule has 0 aliphatic heterocycles. The van der Waals surface area contributed by atoms with Crippen LogP contribution in [-0.2, 0) is 6.54 Å². The summed E-state index contributed by atoms with van der Waals surface area (Å²) in [4.78, 5) is 0. The van der Waals surface area contributed by atoms with Crippen molar-refractivity contribution in [1.82, 2.24) is 5.32 Å². The van der Waals surface area contributed by atoms with Gasteiger partial charge in [0.2, 0.25) is 5.75 Å². The third-order valence-electron chi connectivity index (χ3n) is 3.82. The van der Waals surface area contributed by atoms with Gasteiger partial charge in [0.25, 0.3) is 0 Å². The molecule has 0 aliphatic carbocycles. The van der Waals surface area contributed by atoms with E-state index in [0.717, 1.165) is 18.4 Å². The van der Waals surface area contributed by atoms with Crippen LogP contribution >= 0.6 is 0 Å². The largest absolute Gasteiger partial charge is 0.493 e. The fourth-order valence-electron chi connectivity index (χ4n) is 2.18. The number of aliphatic hydroxyl groups is 1. The van der Waals surface area contributed by atoms with E-state index in [1.165, 1.54) is 0 Å². The molecule has 0 aliphatic rings. The molecule has 5 nitrogen and oxygen atoms in total. The van der Waals surface area contributed by atoms with Crippen LogP contribution in [0.1, 0.15) is 32.3 Å². The molecule has 0 bridgehead atoms. The van der Waals surface area contributed by atoms with Crippen molar-refractivity contribution < 1.29 is 19.3 Å². The van der Waals surface area contributed by atoms with E-state index in [-0.39, 0.29) is 0 Å². The van der Waals surface area contributed by atoms with Gasteiger partial charge < -0.3 is 24.6 Å². The van der Waals surface area contributed by atoms with E-state index in [0.29, 0.717) is 30.3 Å². The maximum Gasteiger partial charge on any atom is 0.203 e. The quantitative estimate of drug-likeness (QED) is 0.733. The van der Waals surface area contributed by atoms with Crippen molar-refractivity contribution in [3.8, 4) is 17.2 Å². The summed E-state index contributed by atoms with van der Waals surface area (Å²) in [6.45, 7) is 5.16. The Bertz CT molecular complexity index is 419. The van der Waals surface area contributed by atoms with Crippen LogP contribution in [0.2, 0.25) is 0 Å². The minimum Gasteiger partial charge on any atom is -0.493 e. The van der Waals surface area contributed by atoms with Crippen molar-refractivity contribution >= 4 is 0 Å². The topological polar surface area (TPSA) is 60.0 Å². The molecule has 0 fully saturated rings. The Labute approximate surface area is 127 Å². The van der Waals surface area contributed by atoms with E-state index in [2.05, 4.69) is 5.32 Å². The molecule has 2 N–H and O–H groups in total. The molecule has 0 heterocycles. The maximum absolute atomic E-state index is 10.3. The van der Waals surface area contributed by atoms with Crippen LogP contribution in [0.5, 0.6) is 17.2 Å². The Morgan fingerprint density at radius 1 is 1.00 bits per heavy atom. The molecule has 0 atom stereocenters. The maximum atomic E-state index is 10.3. The molecule has 0 saturated carbocycles. The Hall–Kier alpha value is -1.46. The Morgan fingerprint density at radius 2 is 1.52 bits per heavy atom. The molecule has 120 valence electrons. The lowest BCUT2D eigenvalue weighted by molar-refractivity contribution is 0.0323. The highest BCUT2D eigenvalue weighted by atomic mass is 16.5. The van der Waals surface area contributed by atoms with Crippen molar-refractivity contribution in [2.75, 3.05) is 27.9 Å². The van der Waals surface area contributed by atoms with Crippen LogP contribution in [-0.4, -0.2) is 38.6 Å². The van der Waals surface area contributed by atoms with Gasteiger partial charge in [-0.15, -0.1) is 0 Å². The monoisotopic (exact) mass is 297 g/mol. The summed E-state index contributed by atoms with van der Waals surface area (Å²) in [5.41, 5.74) is 0.361. The molecule has 0 aromatic heterocycles. The average Bonchev–Trinajstić information content (AvgIpc) is 2.53. The van der Waals surface area contributed by atoms with Gasteiger partial charge in [0.1, 0.15) is 0 Å². The zero-order chi connectivity index (χ0) is 15.9. The number of ether oxygens (including phenoxy) is 3. The zero-order valence-electron chi connectivity index (χ0n) is 13.7. The van der Waals surface area contributed by atoms with Gasteiger partial charge in [-0.1, -0.05) is 13.8 Å². The number of methoxy groups -OCH3 is 3. The summed E-state index contributed by atoms with van der Waals surface area (Å²) in [6, 6.07) is 3.82. The molecule has 0 radical (unpaired) electrons. The summed E-state index contributed by atoms with van der Waals surface area (Å²) in [6.07, 6.45) is 1.46. The van der Waals surface area contributed by atoms with Gasteiger partial charge in [-0.05, 0) is 30.5 Å². The standard InChI is InChI=1S/C16H27NO4/c1-6-16(18,7-2)11-17-10-12-8-13(19-3)15(21-5)14(9-12)20-4/h8-9,17-18H,6-7,10-11H2,1-5H3. The van der Waals surface area contributed by atoms with Gasteiger partial charge >= 0.3 is 0 Å². The first kappa shape index (κ1) is 17.6. The predicted molar refractivity (Wildman–Crippen MR) is 83.3 cm³/mol. The molecule has 1 aromatic rings. The molecular weight excluding hydrogens is 270 g/mol. The van der Waals surface area contributed by atoms with E-state index < -0.39 is 5.60 Å². The SMILES string of the molecule is CCC(O)(CC)CNCc1cc(OC)c(OC)c(OC)c1. The highest BCUT2D eigenvalue weighted by Crippen LogP contribution is 2.38. The van der Waals surface area contributed by atoms with Gasteiger partial charge in [0, 0.05) is 13.1 Å². The second-order valence-electron chi connectivity index (χ2n) is 5.07. The summed E-state index contributed by atoms with van der Waals surface area (Å²) in [5.74, 6) is 1.85. The van der Waals surface area contributed by atoms with Crippen molar-refractivity contribution in [2.24, 2.45) is 0 Å². The van der Waals surface area contributed by atoms with Crippen LogP contribution in [0, 0.1) is 0 Å². The molecule has 1 aromatic carbocycles. The molecule has 0 saturated heterocycles. The highest BCUT2D eigenvalue weighted by Gasteiger charge is 2.21. The van der Waals surface area contributed by atoms with Crippen LogP contribution < -0.4 is 19.5 Å². The lowest BCUT2D eigenvalue weighted by atomic mass is 9.97. The van der Waals surface area contributed by atoms with Gasteiger partial charge in [-0.2, -0.15) is 0 Å². The number of hydrogen-bond donors (Lipinski definition) is 2. The molecule has 5 heteroatoms. The first-order valence-electron chi connectivity index (χ1n) is 7.25. The van der Waals surface area contributed by atoms with Gasteiger partial charge in [-0.3, -0.25) is 0 Å². The Kier molecular flexibility index (Phi) is 6.78. The average molecular weight is 297 g/mol. The van der Waals surface area contributed by atoms with E-state index in [9.17, 15) is 5.11 Å². The smallest absolute Gasteiger partial charge is 0.203 e. The minimum atomic E-state index is -0.652. The summed E-state index contributed by atoms with van der Waals surface area (Å²) in [5, 5.41) is 13.5. The fraction of sp³-hybridized carbons (Fsp3) is 0.625. The molecule has 21 heavy (non-hydrogen) atoms.